The van der Waals surface area contributed by atoms with Gasteiger partial charge in [-0.1, -0.05) is 17.7 Å². The van der Waals surface area contributed by atoms with Gasteiger partial charge in [0, 0.05) is 34.4 Å². The first kappa shape index (κ1) is 18.5. The van der Waals surface area contributed by atoms with Crippen molar-refractivity contribution in [3.8, 4) is 0 Å². The molecule has 1 unspecified atom stereocenters. The summed E-state index contributed by atoms with van der Waals surface area (Å²) < 4.78 is 13.5. The van der Waals surface area contributed by atoms with Gasteiger partial charge in [-0.15, -0.1) is 11.3 Å². The van der Waals surface area contributed by atoms with Crippen LogP contribution in [0.25, 0.3) is 0 Å². The Hall–Kier alpha value is -2.29. The number of aliphatic imine (C=N–C) groups is 1. The Labute approximate surface area is 158 Å². The van der Waals surface area contributed by atoms with E-state index in [0.29, 0.717) is 27.7 Å². The maximum atomic E-state index is 13.5. The zero-order chi connectivity index (χ0) is 18.7. The minimum atomic E-state index is -0.720. The van der Waals surface area contributed by atoms with Gasteiger partial charge in [0.05, 0.1) is 12.2 Å². The number of nitrogens with zero attached hydrogens (tertiary/aromatic N) is 2. The average molecular weight is 395 g/mol. The van der Waals surface area contributed by atoms with Crippen LogP contribution in [0.4, 0.5) is 4.39 Å². The molecule has 0 spiro atoms. The van der Waals surface area contributed by atoms with E-state index in [9.17, 15) is 9.18 Å². The molecular weight excluding hydrogens is 379 g/mol. The predicted molar refractivity (Wildman–Crippen MR) is 98.7 cm³/mol. The summed E-state index contributed by atoms with van der Waals surface area (Å²) in [6.07, 6.45) is 1.66. The Morgan fingerprint density at radius 2 is 2.31 bits per heavy atom. The Morgan fingerprint density at radius 3 is 2.96 bits per heavy atom. The summed E-state index contributed by atoms with van der Waals surface area (Å²) in [5, 5.41) is 17.4. The van der Waals surface area contributed by atoms with Crippen molar-refractivity contribution in [1.82, 2.24) is 15.6 Å². The van der Waals surface area contributed by atoms with Crippen LogP contribution in [0, 0.1) is 5.82 Å². The Kier molecular flexibility index (Phi) is 5.65. The molecule has 9 heteroatoms. The van der Waals surface area contributed by atoms with Gasteiger partial charge in [-0.2, -0.15) is 0 Å². The van der Waals surface area contributed by atoms with Crippen LogP contribution in [-0.2, 0) is 4.79 Å². The molecule has 1 aliphatic rings. The number of aliphatic hydroxyl groups excluding tert-OH is 1. The first-order valence-electron chi connectivity index (χ1n) is 7.80. The molecule has 0 radical (unpaired) electrons. The number of thiazole rings is 1. The maximum Gasteiger partial charge on any atom is 0.251 e. The third-order valence-electron chi connectivity index (χ3n) is 3.78. The molecule has 1 aliphatic heterocycles. The molecule has 1 aromatic heterocycles. The number of amidine groups is 1. The molecule has 0 aliphatic carbocycles. The van der Waals surface area contributed by atoms with Crippen LogP contribution in [0.3, 0.4) is 0 Å². The van der Waals surface area contributed by atoms with Crippen molar-refractivity contribution in [1.29, 1.82) is 0 Å². The van der Waals surface area contributed by atoms with Gasteiger partial charge in [-0.05, 0) is 19.1 Å². The van der Waals surface area contributed by atoms with E-state index in [1.54, 1.807) is 13.1 Å². The van der Waals surface area contributed by atoms with Crippen LogP contribution in [0.2, 0.25) is 5.02 Å². The van der Waals surface area contributed by atoms with E-state index in [2.05, 4.69) is 20.6 Å². The molecule has 2 aromatic rings. The minimum absolute atomic E-state index is 0.114. The number of carbonyl (C=O) groups excluding carboxylic acids is 1. The molecule has 0 saturated heterocycles. The van der Waals surface area contributed by atoms with Crippen molar-refractivity contribution < 1.29 is 14.3 Å². The van der Waals surface area contributed by atoms with Crippen molar-refractivity contribution in [2.24, 2.45) is 4.99 Å². The Balaban J connectivity index is 2.07. The second-order valence-electron chi connectivity index (χ2n) is 5.53. The van der Waals surface area contributed by atoms with Crippen LogP contribution in [0.15, 0.2) is 46.0 Å². The number of rotatable bonds is 5. The number of nitrogens with one attached hydrogen (secondary N) is 2. The average Bonchev–Trinajstić information content (AvgIpc) is 3.13. The molecule has 2 heterocycles. The normalized spacial score (nSPS) is 16.9. The number of allylic oxidation sites excluding steroid dienone is 1. The summed E-state index contributed by atoms with van der Waals surface area (Å²) in [6.45, 7) is 1.68. The number of carbonyl (C=O) groups is 1. The first-order valence-corrected chi connectivity index (χ1v) is 9.06. The van der Waals surface area contributed by atoms with Gasteiger partial charge in [0.1, 0.15) is 11.9 Å². The fraction of sp³-hybridized carbons (Fsp3) is 0.235. The number of aliphatic hydroxyl groups is 1. The van der Waals surface area contributed by atoms with Gasteiger partial charge in [0.25, 0.3) is 5.91 Å². The third-order valence-corrected chi connectivity index (χ3v) is 4.88. The molecule has 1 amide bonds. The van der Waals surface area contributed by atoms with E-state index in [1.807, 2.05) is 5.38 Å². The third kappa shape index (κ3) is 3.77. The number of hydrogen-bond acceptors (Lipinski definition) is 6. The molecule has 6 nitrogen and oxygen atoms in total. The maximum absolute atomic E-state index is 13.5. The zero-order valence-electron chi connectivity index (χ0n) is 13.8. The molecule has 1 aromatic carbocycles. The van der Waals surface area contributed by atoms with Gasteiger partial charge >= 0.3 is 0 Å². The van der Waals surface area contributed by atoms with E-state index < -0.39 is 11.9 Å². The van der Waals surface area contributed by atoms with Crippen molar-refractivity contribution in [3.63, 3.8) is 0 Å². The lowest BCUT2D eigenvalue weighted by Crippen LogP contribution is -2.37. The van der Waals surface area contributed by atoms with Crippen molar-refractivity contribution in [2.45, 2.75) is 13.0 Å². The lowest BCUT2D eigenvalue weighted by Gasteiger charge is -2.26. The van der Waals surface area contributed by atoms with Gasteiger partial charge in [-0.25, -0.2) is 9.37 Å². The summed E-state index contributed by atoms with van der Waals surface area (Å²) >= 11 is 7.63. The van der Waals surface area contributed by atoms with Crippen molar-refractivity contribution in [3.05, 3.63) is 62.5 Å². The fourth-order valence-electron chi connectivity index (χ4n) is 2.63. The van der Waals surface area contributed by atoms with E-state index >= 15 is 0 Å². The lowest BCUT2D eigenvalue weighted by molar-refractivity contribution is -0.118. The van der Waals surface area contributed by atoms with E-state index in [4.69, 9.17) is 16.7 Å². The highest BCUT2D eigenvalue weighted by Gasteiger charge is 2.31. The molecule has 0 fully saturated rings. The monoisotopic (exact) mass is 394 g/mol. The minimum Gasteiger partial charge on any atom is -0.395 e. The SMILES string of the molecule is CC1=C(C(=O)NCCO)C(c2ccc(F)cc2Cl)N=C(c2nccs2)N1. The Bertz CT molecular complexity index is 883. The standard InChI is InChI=1S/C17H16ClFN4O2S/c1-9-13(16(25)20-4-6-24)14(11-3-2-10(19)8-12(11)18)23-15(22-9)17-21-5-7-26-17/h2-3,5,7-8,14,24H,4,6H2,1H3,(H,20,25)(H,22,23). The fourth-order valence-corrected chi connectivity index (χ4v) is 3.49. The summed E-state index contributed by atoms with van der Waals surface area (Å²) in [5.41, 5.74) is 1.45. The van der Waals surface area contributed by atoms with Crippen molar-refractivity contribution in [2.75, 3.05) is 13.2 Å². The van der Waals surface area contributed by atoms with Crippen LogP contribution in [-0.4, -0.2) is 35.0 Å². The first-order chi connectivity index (χ1) is 12.5. The highest BCUT2D eigenvalue weighted by molar-refractivity contribution is 7.11. The molecule has 3 N–H and O–H groups in total. The lowest BCUT2D eigenvalue weighted by atomic mass is 9.95. The highest BCUT2D eigenvalue weighted by Crippen LogP contribution is 2.35. The largest absolute Gasteiger partial charge is 0.395 e. The predicted octanol–water partition coefficient (Wildman–Crippen LogP) is 2.41. The molecule has 0 saturated carbocycles. The van der Waals surface area contributed by atoms with Crippen LogP contribution in [0.1, 0.15) is 23.5 Å². The number of amides is 1. The van der Waals surface area contributed by atoms with Crippen molar-refractivity contribution >= 4 is 34.7 Å². The van der Waals surface area contributed by atoms with Gasteiger partial charge in [-0.3, -0.25) is 9.79 Å². The number of benzene rings is 1. The second-order valence-corrected chi connectivity index (χ2v) is 6.83. The van der Waals surface area contributed by atoms with Crippen LogP contribution >= 0.6 is 22.9 Å². The van der Waals surface area contributed by atoms with Gasteiger partial charge in [0.15, 0.2) is 10.8 Å². The van der Waals surface area contributed by atoms with Gasteiger partial charge < -0.3 is 15.7 Å². The van der Waals surface area contributed by atoms with E-state index in [1.165, 1.54) is 29.5 Å². The van der Waals surface area contributed by atoms with Gasteiger partial charge in [0.2, 0.25) is 0 Å². The molecule has 0 bridgehead atoms. The summed E-state index contributed by atoms with van der Waals surface area (Å²) in [5.74, 6) is -0.332. The molecule has 3 rings (SSSR count). The molecule has 1 atom stereocenters. The number of aromatic nitrogens is 1. The molecule has 26 heavy (non-hydrogen) atoms. The Morgan fingerprint density at radius 1 is 1.50 bits per heavy atom. The smallest absolute Gasteiger partial charge is 0.251 e. The number of halogens is 2. The van der Waals surface area contributed by atoms with Crippen LogP contribution in [0.5, 0.6) is 0 Å². The zero-order valence-corrected chi connectivity index (χ0v) is 15.4. The van der Waals surface area contributed by atoms with E-state index in [0.717, 1.165) is 0 Å². The summed E-state index contributed by atoms with van der Waals surface area (Å²) in [4.78, 5) is 21.4. The second kappa shape index (κ2) is 7.94. The molecular formula is C17H16ClFN4O2S. The molecule has 136 valence electrons. The highest BCUT2D eigenvalue weighted by atomic mass is 35.5. The quantitative estimate of drug-likeness (QED) is 0.726. The van der Waals surface area contributed by atoms with E-state index in [-0.39, 0.29) is 24.1 Å². The van der Waals surface area contributed by atoms with Crippen LogP contribution < -0.4 is 10.6 Å². The topological polar surface area (TPSA) is 86.6 Å². The summed E-state index contributed by atoms with van der Waals surface area (Å²) in [7, 11) is 0. The summed E-state index contributed by atoms with van der Waals surface area (Å²) in [6, 6.07) is 3.27. The number of hydrogen-bond donors (Lipinski definition) is 3.